The van der Waals surface area contributed by atoms with Crippen molar-refractivity contribution in [2.24, 2.45) is 11.0 Å². The second-order valence-electron chi connectivity index (χ2n) is 1.37. The number of nitriles is 1. The van der Waals surface area contributed by atoms with Gasteiger partial charge in [0.05, 0.1) is 18.5 Å². The van der Waals surface area contributed by atoms with Crippen LogP contribution in [0.2, 0.25) is 0 Å². The van der Waals surface area contributed by atoms with Gasteiger partial charge in [-0.3, -0.25) is 0 Å². The average Bonchev–Trinajstić information content (AvgIpc) is 1.68. The molecule has 1 unspecified atom stereocenters. The largest absolute Gasteiger partial charge is 0.210 e. The van der Waals surface area contributed by atoms with Crippen molar-refractivity contribution in [2.75, 3.05) is 6.54 Å². The lowest BCUT2D eigenvalue weighted by Gasteiger charge is -1.87. The summed E-state index contributed by atoms with van der Waals surface area (Å²) >= 11 is 0. The predicted molar refractivity (Wildman–Crippen MR) is 24.8 cm³/mol. The first-order valence-corrected chi connectivity index (χ1v) is 2.04. The van der Waals surface area contributed by atoms with Crippen molar-refractivity contribution in [3.8, 4) is 6.07 Å². The van der Waals surface area contributed by atoms with Crippen molar-refractivity contribution in [3.63, 3.8) is 0 Å². The zero-order valence-corrected chi connectivity index (χ0v) is 4.18. The number of nitrogens with zero attached hydrogens (tertiary/aromatic N) is 2. The summed E-state index contributed by atoms with van der Waals surface area (Å²) in [5.74, 6) is -0.0995. The molecule has 0 aromatic rings. The Bertz CT molecular complexity index is 91.6. The lowest BCUT2D eigenvalue weighted by molar-refractivity contribution is 0.713. The lowest BCUT2D eigenvalue weighted by Crippen LogP contribution is -1.91. The van der Waals surface area contributed by atoms with Crippen LogP contribution in [0.4, 0.5) is 0 Å². The third-order valence-corrected chi connectivity index (χ3v) is 0.586. The van der Waals surface area contributed by atoms with Gasteiger partial charge in [0, 0.05) is 0 Å². The van der Waals surface area contributed by atoms with Gasteiger partial charge in [0.25, 0.3) is 0 Å². The number of hydrogen-bond acceptors (Lipinski definition) is 3. The summed E-state index contributed by atoms with van der Waals surface area (Å²) in [6.07, 6.45) is 0. The highest BCUT2D eigenvalue weighted by Crippen LogP contribution is 1.89. The maximum atomic E-state index is 8.07. The molecule has 0 saturated carbocycles. The van der Waals surface area contributed by atoms with Crippen molar-refractivity contribution in [1.29, 1.82) is 10.8 Å². The van der Waals surface area contributed by atoms with Gasteiger partial charge in [-0.25, -0.2) is 5.53 Å². The minimum absolute atomic E-state index is 0.0995. The third-order valence-electron chi connectivity index (χ3n) is 0.586. The molecule has 38 valence electrons. The second kappa shape index (κ2) is 3.29. The van der Waals surface area contributed by atoms with E-state index in [0.717, 1.165) is 0 Å². The van der Waals surface area contributed by atoms with Crippen LogP contribution in [0, 0.1) is 22.8 Å². The quantitative estimate of drug-likeness (QED) is 0.516. The molecule has 0 radical (unpaired) electrons. The van der Waals surface area contributed by atoms with E-state index in [1.165, 1.54) is 0 Å². The van der Waals surface area contributed by atoms with Gasteiger partial charge in [-0.1, -0.05) is 0 Å². The molecule has 0 rings (SSSR count). The molecule has 0 aliphatic carbocycles. The Kier molecular flexibility index (Phi) is 2.86. The predicted octanol–water partition coefficient (Wildman–Crippen LogP) is 1.18. The summed E-state index contributed by atoms with van der Waals surface area (Å²) in [6.45, 7) is 2.06. The summed E-state index contributed by atoms with van der Waals surface area (Å²) in [6, 6.07) is 1.95. The molecule has 1 N–H and O–H groups in total. The van der Waals surface area contributed by atoms with Gasteiger partial charge in [0.15, 0.2) is 0 Å². The molecule has 0 aromatic carbocycles. The van der Waals surface area contributed by atoms with Gasteiger partial charge in [-0.15, -0.1) is 0 Å². The van der Waals surface area contributed by atoms with E-state index in [4.69, 9.17) is 10.8 Å². The molecule has 0 aromatic heterocycles. The van der Waals surface area contributed by atoms with E-state index >= 15 is 0 Å². The first-order chi connectivity index (χ1) is 3.31. The highest BCUT2D eigenvalue weighted by molar-refractivity contribution is 4.78. The molecule has 3 heteroatoms. The van der Waals surface area contributed by atoms with Crippen LogP contribution in [0.15, 0.2) is 5.11 Å². The molecule has 7 heavy (non-hydrogen) atoms. The van der Waals surface area contributed by atoms with Crippen LogP contribution in [0.25, 0.3) is 0 Å². The van der Waals surface area contributed by atoms with Crippen LogP contribution in [0.5, 0.6) is 0 Å². The van der Waals surface area contributed by atoms with E-state index in [1.54, 1.807) is 6.92 Å². The zero-order chi connectivity index (χ0) is 5.70. The Hall–Kier alpha value is -0.910. The topological polar surface area (TPSA) is 60.0 Å². The molecule has 3 nitrogen and oxygen atoms in total. The van der Waals surface area contributed by atoms with Gasteiger partial charge in [0.2, 0.25) is 0 Å². The van der Waals surface area contributed by atoms with E-state index in [-0.39, 0.29) is 5.92 Å². The molecule has 0 aliphatic rings. The van der Waals surface area contributed by atoms with Crippen molar-refractivity contribution < 1.29 is 0 Å². The van der Waals surface area contributed by atoms with E-state index in [9.17, 15) is 0 Å². The van der Waals surface area contributed by atoms with Crippen LogP contribution >= 0.6 is 0 Å². The normalized spacial score (nSPS) is 12.0. The van der Waals surface area contributed by atoms with Crippen LogP contribution in [-0.2, 0) is 0 Å². The highest BCUT2D eigenvalue weighted by atomic mass is 14.9. The van der Waals surface area contributed by atoms with E-state index in [1.807, 2.05) is 6.07 Å². The van der Waals surface area contributed by atoms with Crippen molar-refractivity contribution in [3.05, 3.63) is 0 Å². The molecule has 0 heterocycles. The molecule has 0 spiro atoms. The van der Waals surface area contributed by atoms with Gasteiger partial charge < -0.3 is 0 Å². The summed E-state index contributed by atoms with van der Waals surface area (Å²) in [4.78, 5) is 0. The third kappa shape index (κ3) is 2.91. The SMILES string of the molecule is CC(C#N)CN=N. The maximum absolute atomic E-state index is 8.07. The second-order valence-corrected chi connectivity index (χ2v) is 1.37. The lowest BCUT2D eigenvalue weighted by atomic mass is 10.2. The van der Waals surface area contributed by atoms with Crippen molar-refractivity contribution in [2.45, 2.75) is 6.92 Å². The first-order valence-electron chi connectivity index (χ1n) is 2.04. The van der Waals surface area contributed by atoms with Gasteiger partial charge in [0.1, 0.15) is 0 Å². The Morgan fingerprint density at radius 3 is 2.71 bits per heavy atom. The van der Waals surface area contributed by atoms with Crippen LogP contribution < -0.4 is 0 Å². The fourth-order valence-electron chi connectivity index (χ4n) is 0.178. The Balaban J connectivity index is 3.21. The Labute approximate surface area is 42.5 Å². The number of rotatable bonds is 2. The number of hydrogen-bond donors (Lipinski definition) is 1. The molecule has 0 amide bonds. The zero-order valence-electron chi connectivity index (χ0n) is 4.18. The smallest absolute Gasteiger partial charge is 0.0752 e. The molecule has 0 fully saturated rings. The summed E-state index contributed by atoms with van der Waals surface area (Å²) in [5, 5.41) is 11.1. The Morgan fingerprint density at radius 2 is 2.57 bits per heavy atom. The molecular formula is C4H7N3. The molecular weight excluding hydrogens is 90.1 g/mol. The minimum Gasteiger partial charge on any atom is -0.210 e. The van der Waals surface area contributed by atoms with Crippen LogP contribution in [0.3, 0.4) is 0 Å². The van der Waals surface area contributed by atoms with Gasteiger partial charge in [-0.2, -0.15) is 10.4 Å². The van der Waals surface area contributed by atoms with Gasteiger partial charge in [-0.05, 0) is 6.92 Å². The maximum Gasteiger partial charge on any atom is 0.0752 e. The van der Waals surface area contributed by atoms with Crippen molar-refractivity contribution >= 4 is 0 Å². The van der Waals surface area contributed by atoms with Gasteiger partial charge >= 0.3 is 0 Å². The molecule has 0 aliphatic heterocycles. The molecule has 0 saturated heterocycles. The van der Waals surface area contributed by atoms with E-state index in [0.29, 0.717) is 6.54 Å². The van der Waals surface area contributed by atoms with Crippen molar-refractivity contribution in [1.82, 2.24) is 0 Å². The van der Waals surface area contributed by atoms with E-state index in [2.05, 4.69) is 5.11 Å². The fourth-order valence-corrected chi connectivity index (χ4v) is 0.178. The van der Waals surface area contributed by atoms with E-state index < -0.39 is 0 Å². The molecule has 0 bridgehead atoms. The monoisotopic (exact) mass is 97.1 g/mol. The minimum atomic E-state index is -0.0995. The number of nitrogens with one attached hydrogen (secondary N) is 1. The fraction of sp³-hybridized carbons (Fsp3) is 0.750. The summed E-state index contributed by atoms with van der Waals surface area (Å²) in [5.41, 5.74) is 6.31. The Morgan fingerprint density at radius 1 is 2.00 bits per heavy atom. The first kappa shape index (κ1) is 6.09. The summed E-state index contributed by atoms with van der Waals surface area (Å²) in [7, 11) is 0. The standard InChI is InChI=1S/C4H7N3/c1-4(2-5)3-7-6/h4,6H,3H2,1H3. The molecule has 1 atom stereocenters. The van der Waals surface area contributed by atoms with Crippen LogP contribution in [-0.4, -0.2) is 6.54 Å². The highest BCUT2D eigenvalue weighted by Gasteiger charge is 1.92. The van der Waals surface area contributed by atoms with Crippen LogP contribution in [0.1, 0.15) is 6.92 Å². The summed E-state index contributed by atoms with van der Waals surface area (Å²) < 4.78 is 0. The average molecular weight is 97.1 g/mol.